The fourth-order valence-electron chi connectivity index (χ4n) is 3.28. The lowest BCUT2D eigenvalue weighted by atomic mass is 10.0. The molecular weight excluding hydrogens is 332 g/mol. The van der Waals surface area contributed by atoms with Crippen LogP contribution in [0.4, 0.5) is 5.69 Å². The first-order valence-electron chi connectivity index (χ1n) is 8.79. The van der Waals surface area contributed by atoms with Gasteiger partial charge in [-0.25, -0.2) is 0 Å². The maximum absolute atomic E-state index is 12.5. The summed E-state index contributed by atoms with van der Waals surface area (Å²) in [5.41, 5.74) is 2.06. The van der Waals surface area contributed by atoms with Crippen LogP contribution in [0.15, 0.2) is 36.7 Å². The van der Waals surface area contributed by atoms with Gasteiger partial charge in [0.25, 0.3) is 5.91 Å². The highest BCUT2D eigenvalue weighted by Crippen LogP contribution is 2.22. The van der Waals surface area contributed by atoms with Crippen LogP contribution in [0.3, 0.4) is 0 Å². The molecule has 0 saturated carbocycles. The van der Waals surface area contributed by atoms with Gasteiger partial charge in [-0.3, -0.25) is 9.48 Å². The molecule has 3 aromatic rings. The van der Waals surface area contributed by atoms with E-state index < -0.39 is 0 Å². The van der Waals surface area contributed by atoms with Crippen molar-refractivity contribution >= 4 is 22.5 Å². The number of aromatic amines is 1. The fraction of sp³-hybridized carbons (Fsp3) is 0.368. The van der Waals surface area contributed by atoms with Crippen molar-refractivity contribution in [3.05, 3.63) is 42.4 Å². The minimum Gasteiger partial charge on any atom is -0.497 e. The van der Waals surface area contributed by atoms with E-state index in [1.807, 2.05) is 35.1 Å². The predicted molar refractivity (Wildman–Crippen MR) is 98.6 cm³/mol. The molecule has 2 aromatic heterocycles. The van der Waals surface area contributed by atoms with E-state index in [0.29, 0.717) is 17.3 Å². The summed E-state index contributed by atoms with van der Waals surface area (Å²) in [5.74, 6) is 1.14. The molecule has 1 aliphatic rings. The molecule has 1 fully saturated rings. The second kappa shape index (κ2) is 7.21. The number of benzene rings is 1. The lowest BCUT2D eigenvalue weighted by molar-refractivity contribution is 0.0601. The number of H-pyrrole nitrogens is 1. The van der Waals surface area contributed by atoms with Crippen molar-refractivity contribution in [3.63, 3.8) is 0 Å². The van der Waals surface area contributed by atoms with E-state index in [1.54, 1.807) is 13.3 Å². The third kappa shape index (κ3) is 3.57. The Balaban J connectivity index is 1.43. The SMILES string of the molecule is COc1ccc2cc(C(=O)Nc3cnn(CC4CCOCC4)c3)[nH]c2c1. The Labute approximate surface area is 151 Å². The molecule has 26 heavy (non-hydrogen) atoms. The van der Waals surface area contributed by atoms with Crippen molar-refractivity contribution in [1.29, 1.82) is 0 Å². The molecule has 0 spiro atoms. The Kier molecular flexibility index (Phi) is 4.62. The number of ether oxygens (including phenoxy) is 2. The van der Waals surface area contributed by atoms with Gasteiger partial charge in [0.2, 0.25) is 0 Å². The molecule has 0 unspecified atom stereocenters. The molecule has 0 aliphatic carbocycles. The molecule has 1 saturated heterocycles. The number of methoxy groups -OCH3 is 1. The highest BCUT2D eigenvalue weighted by molar-refractivity contribution is 6.05. The highest BCUT2D eigenvalue weighted by atomic mass is 16.5. The number of aromatic nitrogens is 3. The van der Waals surface area contributed by atoms with Gasteiger partial charge in [-0.2, -0.15) is 5.10 Å². The standard InChI is InChI=1S/C19H22N4O3/c1-25-16-3-2-14-8-18(22-17(14)9-16)19(24)21-15-10-20-23(12-15)11-13-4-6-26-7-5-13/h2-3,8-10,12-13,22H,4-7,11H2,1H3,(H,21,24). The Bertz CT molecular complexity index is 909. The van der Waals surface area contributed by atoms with Gasteiger partial charge in [-0.05, 0) is 37.0 Å². The second-order valence-electron chi connectivity index (χ2n) is 6.60. The van der Waals surface area contributed by atoms with Crippen LogP contribution in [-0.2, 0) is 11.3 Å². The minimum atomic E-state index is -0.189. The summed E-state index contributed by atoms with van der Waals surface area (Å²) in [5, 5.41) is 8.22. The Morgan fingerprint density at radius 3 is 3.04 bits per heavy atom. The smallest absolute Gasteiger partial charge is 0.272 e. The zero-order chi connectivity index (χ0) is 17.9. The Morgan fingerprint density at radius 1 is 1.38 bits per heavy atom. The van der Waals surface area contributed by atoms with Crippen molar-refractivity contribution in [1.82, 2.24) is 14.8 Å². The van der Waals surface area contributed by atoms with E-state index in [0.717, 1.165) is 49.3 Å². The number of nitrogens with zero attached hydrogens (tertiary/aromatic N) is 2. The maximum Gasteiger partial charge on any atom is 0.272 e. The molecule has 1 amide bonds. The summed E-state index contributed by atoms with van der Waals surface area (Å²) < 4.78 is 12.5. The van der Waals surface area contributed by atoms with Crippen LogP contribution in [0.25, 0.3) is 10.9 Å². The van der Waals surface area contributed by atoms with Crippen LogP contribution in [0, 0.1) is 5.92 Å². The van der Waals surface area contributed by atoms with E-state index in [2.05, 4.69) is 15.4 Å². The molecule has 1 aromatic carbocycles. The van der Waals surface area contributed by atoms with Crippen molar-refractivity contribution in [2.24, 2.45) is 5.92 Å². The molecule has 136 valence electrons. The quantitative estimate of drug-likeness (QED) is 0.738. The molecule has 0 bridgehead atoms. The van der Waals surface area contributed by atoms with Crippen LogP contribution in [0.2, 0.25) is 0 Å². The largest absolute Gasteiger partial charge is 0.497 e. The number of nitrogens with one attached hydrogen (secondary N) is 2. The van der Waals surface area contributed by atoms with E-state index >= 15 is 0 Å². The normalized spacial score (nSPS) is 15.3. The first-order valence-corrected chi connectivity index (χ1v) is 8.79. The monoisotopic (exact) mass is 354 g/mol. The molecular formula is C19H22N4O3. The lowest BCUT2D eigenvalue weighted by Gasteiger charge is -2.21. The molecule has 7 nitrogen and oxygen atoms in total. The van der Waals surface area contributed by atoms with Gasteiger partial charge in [-0.1, -0.05) is 0 Å². The van der Waals surface area contributed by atoms with Gasteiger partial charge in [0.05, 0.1) is 19.0 Å². The number of hydrogen-bond donors (Lipinski definition) is 2. The summed E-state index contributed by atoms with van der Waals surface area (Å²) in [4.78, 5) is 15.6. The van der Waals surface area contributed by atoms with Crippen LogP contribution < -0.4 is 10.1 Å². The van der Waals surface area contributed by atoms with E-state index in [4.69, 9.17) is 9.47 Å². The van der Waals surface area contributed by atoms with Crippen LogP contribution in [0.5, 0.6) is 5.75 Å². The van der Waals surface area contributed by atoms with Crippen molar-refractivity contribution < 1.29 is 14.3 Å². The Morgan fingerprint density at radius 2 is 2.23 bits per heavy atom. The molecule has 7 heteroatoms. The van der Waals surface area contributed by atoms with E-state index in [1.165, 1.54) is 0 Å². The summed E-state index contributed by atoms with van der Waals surface area (Å²) >= 11 is 0. The molecule has 4 rings (SSSR count). The summed E-state index contributed by atoms with van der Waals surface area (Å²) in [7, 11) is 1.62. The topological polar surface area (TPSA) is 81.2 Å². The summed E-state index contributed by atoms with van der Waals surface area (Å²) in [6.45, 7) is 2.49. The number of carbonyl (C=O) groups is 1. The van der Waals surface area contributed by atoms with Gasteiger partial charge in [-0.15, -0.1) is 0 Å². The zero-order valence-electron chi connectivity index (χ0n) is 14.7. The van der Waals surface area contributed by atoms with E-state index in [-0.39, 0.29) is 5.91 Å². The van der Waals surface area contributed by atoms with Crippen LogP contribution in [-0.4, -0.2) is 41.0 Å². The first kappa shape index (κ1) is 16.7. The number of anilines is 1. The Hall–Kier alpha value is -2.80. The van der Waals surface area contributed by atoms with Gasteiger partial charge in [0.15, 0.2) is 0 Å². The molecule has 1 aliphatic heterocycles. The van der Waals surface area contributed by atoms with Crippen LogP contribution in [0.1, 0.15) is 23.3 Å². The second-order valence-corrected chi connectivity index (χ2v) is 6.60. The van der Waals surface area contributed by atoms with Crippen molar-refractivity contribution in [2.75, 3.05) is 25.6 Å². The maximum atomic E-state index is 12.5. The summed E-state index contributed by atoms with van der Waals surface area (Å²) in [6, 6.07) is 7.50. The fourth-order valence-corrected chi connectivity index (χ4v) is 3.28. The minimum absolute atomic E-state index is 0.189. The van der Waals surface area contributed by atoms with Crippen molar-refractivity contribution in [2.45, 2.75) is 19.4 Å². The van der Waals surface area contributed by atoms with Gasteiger partial charge in [0.1, 0.15) is 11.4 Å². The van der Waals surface area contributed by atoms with Crippen LogP contribution >= 0.6 is 0 Å². The highest BCUT2D eigenvalue weighted by Gasteiger charge is 2.16. The first-order chi connectivity index (χ1) is 12.7. The summed E-state index contributed by atoms with van der Waals surface area (Å²) in [6.07, 6.45) is 5.67. The van der Waals surface area contributed by atoms with Gasteiger partial charge in [0, 0.05) is 42.9 Å². The number of rotatable bonds is 5. The molecule has 0 radical (unpaired) electrons. The zero-order valence-corrected chi connectivity index (χ0v) is 14.7. The number of carbonyl (C=O) groups excluding carboxylic acids is 1. The molecule has 0 atom stereocenters. The third-order valence-electron chi connectivity index (χ3n) is 4.75. The average Bonchev–Trinajstić information content (AvgIpc) is 3.28. The average molecular weight is 354 g/mol. The number of hydrogen-bond acceptors (Lipinski definition) is 4. The van der Waals surface area contributed by atoms with Gasteiger partial charge < -0.3 is 19.8 Å². The number of amides is 1. The lowest BCUT2D eigenvalue weighted by Crippen LogP contribution is -2.20. The van der Waals surface area contributed by atoms with Crippen molar-refractivity contribution in [3.8, 4) is 5.75 Å². The predicted octanol–water partition coefficient (Wildman–Crippen LogP) is 3.05. The van der Waals surface area contributed by atoms with E-state index in [9.17, 15) is 4.79 Å². The third-order valence-corrected chi connectivity index (χ3v) is 4.75. The molecule has 2 N–H and O–H groups in total. The van der Waals surface area contributed by atoms with Gasteiger partial charge >= 0.3 is 0 Å². The number of fused-ring (bicyclic) bond motifs is 1. The molecule has 3 heterocycles.